The zero-order valence-corrected chi connectivity index (χ0v) is 19.7. The number of alkyl halides is 1. The minimum Gasteiger partial charge on any atom is -0.508 e. The predicted molar refractivity (Wildman–Crippen MR) is 132 cm³/mol. The van der Waals surface area contributed by atoms with Crippen molar-refractivity contribution in [1.29, 1.82) is 0 Å². The number of halogens is 1. The average Bonchev–Trinajstić information content (AvgIpc) is 3.33. The highest BCUT2D eigenvalue weighted by atomic mass is 19.1. The quantitative estimate of drug-likeness (QED) is 0.487. The summed E-state index contributed by atoms with van der Waals surface area (Å²) in [5.41, 5.74) is 4.14. The van der Waals surface area contributed by atoms with Crippen molar-refractivity contribution < 1.29 is 24.1 Å². The summed E-state index contributed by atoms with van der Waals surface area (Å²) in [5.74, 6) is 1.80. The first-order valence-electron chi connectivity index (χ1n) is 11.9. The lowest BCUT2D eigenvalue weighted by Crippen LogP contribution is -2.26. The Morgan fingerprint density at radius 2 is 1.97 bits per heavy atom. The SMILES string of the molecule is CC1=C(c2cccc(O)c2)C(c2ccc(OCCN3CC[C@@H](CF)C3)cn2)Oc2ccc(O)cc21. The van der Waals surface area contributed by atoms with E-state index in [1.165, 1.54) is 0 Å². The van der Waals surface area contributed by atoms with E-state index in [1.54, 1.807) is 42.6 Å². The summed E-state index contributed by atoms with van der Waals surface area (Å²) in [5, 5.41) is 20.1. The summed E-state index contributed by atoms with van der Waals surface area (Å²) < 4.78 is 25.1. The molecule has 0 aliphatic carbocycles. The molecular weight excluding hydrogens is 447 g/mol. The summed E-state index contributed by atoms with van der Waals surface area (Å²) in [7, 11) is 0. The number of ether oxygens (including phenoxy) is 2. The molecule has 6 nitrogen and oxygen atoms in total. The van der Waals surface area contributed by atoms with Crippen LogP contribution in [-0.4, -0.2) is 53.0 Å². The van der Waals surface area contributed by atoms with Gasteiger partial charge < -0.3 is 19.7 Å². The number of pyridine rings is 1. The van der Waals surface area contributed by atoms with Gasteiger partial charge in [-0.15, -0.1) is 0 Å². The van der Waals surface area contributed by atoms with Crippen LogP contribution in [0.1, 0.15) is 36.3 Å². The lowest BCUT2D eigenvalue weighted by molar-refractivity contribution is 0.227. The van der Waals surface area contributed by atoms with E-state index in [0.717, 1.165) is 48.3 Å². The number of nitrogens with zero attached hydrogens (tertiary/aromatic N) is 2. The molecule has 1 fully saturated rings. The van der Waals surface area contributed by atoms with Crippen LogP contribution in [0.25, 0.3) is 11.1 Å². The molecule has 0 saturated carbocycles. The van der Waals surface area contributed by atoms with Gasteiger partial charge in [0.25, 0.3) is 0 Å². The molecule has 2 aromatic carbocycles. The molecule has 0 radical (unpaired) electrons. The van der Waals surface area contributed by atoms with Crippen LogP contribution in [0.4, 0.5) is 4.39 Å². The van der Waals surface area contributed by atoms with Crippen molar-refractivity contribution in [2.24, 2.45) is 5.92 Å². The largest absolute Gasteiger partial charge is 0.508 e. The van der Waals surface area contributed by atoms with Crippen molar-refractivity contribution in [2.45, 2.75) is 19.4 Å². The van der Waals surface area contributed by atoms with E-state index >= 15 is 0 Å². The van der Waals surface area contributed by atoms with Gasteiger partial charge in [-0.3, -0.25) is 14.3 Å². The molecule has 2 N–H and O–H groups in total. The van der Waals surface area contributed by atoms with Gasteiger partial charge in [-0.2, -0.15) is 0 Å². The third-order valence-corrected chi connectivity index (χ3v) is 6.73. The highest BCUT2D eigenvalue weighted by molar-refractivity contribution is 5.95. The number of allylic oxidation sites excluding steroid dienone is 1. The lowest BCUT2D eigenvalue weighted by Gasteiger charge is -2.30. The molecule has 1 unspecified atom stereocenters. The molecule has 182 valence electrons. The molecule has 0 spiro atoms. The first-order valence-corrected chi connectivity index (χ1v) is 11.9. The monoisotopic (exact) mass is 476 g/mol. The first-order chi connectivity index (χ1) is 17.0. The second-order valence-corrected chi connectivity index (χ2v) is 9.14. The van der Waals surface area contributed by atoms with Crippen molar-refractivity contribution in [2.75, 3.05) is 32.9 Å². The van der Waals surface area contributed by atoms with Crippen molar-refractivity contribution in [1.82, 2.24) is 9.88 Å². The smallest absolute Gasteiger partial charge is 0.166 e. The van der Waals surface area contributed by atoms with Gasteiger partial charge >= 0.3 is 0 Å². The Morgan fingerprint density at radius 3 is 2.71 bits per heavy atom. The Balaban J connectivity index is 1.37. The van der Waals surface area contributed by atoms with E-state index in [4.69, 9.17) is 9.47 Å². The third-order valence-electron chi connectivity index (χ3n) is 6.73. The summed E-state index contributed by atoms with van der Waals surface area (Å²) in [6.45, 7) is 4.71. The zero-order valence-electron chi connectivity index (χ0n) is 19.7. The van der Waals surface area contributed by atoms with E-state index in [0.29, 0.717) is 23.8 Å². The first kappa shape index (κ1) is 23.2. The Hall–Kier alpha value is -3.58. The van der Waals surface area contributed by atoms with Crippen LogP contribution in [0.3, 0.4) is 0 Å². The van der Waals surface area contributed by atoms with Crippen molar-refractivity contribution >= 4 is 11.1 Å². The van der Waals surface area contributed by atoms with Gasteiger partial charge in [-0.1, -0.05) is 12.1 Å². The maximum Gasteiger partial charge on any atom is 0.166 e. The Kier molecular flexibility index (Phi) is 6.59. The van der Waals surface area contributed by atoms with Crippen LogP contribution in [0, 0.1) is 5.92 Å². The van der Waals surface area contributed by atoms with Gasteiger partial charge in [0.1, 0.15) is 29.6 Å². The van der Waals surface area contributed by atoms with Crippen LogP contribution in [0.2, 0.25) is 0 Å². The molecule has 1 saturated heterocycles. The number of fused-ring (bicyclic) bond motifs is 1. The number of aromatic hydroxyl groups is 2. The molecule has 5 rings (SSSR count). The molecule has 0 amide bonds. The highest BCUT2D eigenvalue weighted by Gasteiger charge is 2.30. The highest BCUT2D eigenvalue weighted by Crippen LogP contribution is 2.47. The van der Waals surface area contributed by atoms with Crippen LogP contribution < -0.4 is 9.47 Å². The number of hydrogen-bond donors (Lipinski definition) is 2. The molecule has 35 heavy (non-hydrogen) atoms. The van der Waals surface area contributed by atoms with Gasteiger partial charge in [-0.05, 0) is 73.5 Å². The lowest BCUT2D eigenvalue weighted by atomic mass is 9.87. The fourth-order valence-corrected chi connectivity index (χ4v) is 4.86. The van der Waals surface area contributed by atoms with E-state index in [-0.39, 0.29) is 24.1 Å². The Bertz CT molecular complexity index is 1230. The van der Waals surface area contributed by atoms with E-state index < -0.39 is 6.10 Å². The van der Waals surface area contributed by atoms with Crippen LogP contribution in [0.5, 0.6) is 23.0 Å². The summed E-state index contributed by atoms with van der Waals surface area (Å²) in [4.78, 5) is 6.87. The number of phenols is 2. The zero-order chi connectivity index (χ0) is 24.4. The topological polar surface area (TPSA) is 75.1 Å². The molecular formula is C28H29FN2O4. The normalized spacial score (nSPS) is 19.9. The maximum absolute atomic E-state index is 12.8. The molecule has 3 heterocycles. The molecule has 2 aliphatic heterocycles. The van der Waals surface area contributed by atoms with Crippen LogP contribution in [-0.2, 0) is 0 Å². The van der Waals surface area contributed by atoms with Crippen LogP contribution in [0.15, 0.2) is 60.8 Å². The number of hydrogen-bond acceptors (Lipinski definition) is 6. The van der Waals surface area contributed by atoms with Gasteiger partial charge in [0.15, 0.2) is 6.10 Å². The van der Waals surface area contributed by atoms with Crippen molar-refractivity contribution in [3.8, 4) is 23.0 Å². The molecule has 2 aliphatic rings. The Morgan fingerprint density at radius 1 is 1.11 bits per heavy atom. The van der Waals surface area contributed by atoms with E-state index in [1.807, 2.05) is 25.1 Å². The maximum atomic E-state index is 12.8. The van der Waals surface area contributed by atoms with E-state index in [9.17, 15) is 14.6 Å². The predicted octanol–water partition coefficient (Wildman–Crippen LogP) is 5.23. The summed E-state index contributed by atoms with van der Waals surface area (Å²) >= 11 is 0. The fraction of sp³-hybridized carbons (Fsp3) is 0.321. The molecule has 7 heteroatoms. The number of benzene rings is 2. The van der Waals surface area contributed by atoms with Gasteiger partial charge in [-0.25, -0.2) is 0 Å². The molecule has 1 aromatic heterocycles. The average molecular weight is 477 g/mol. The third kappa shape index (κ3) is 4.95. The molecule has 3 aromatic rings. The summed E-state index contributed by atoms with van der Waals surface area (Å²) in [6, 6.07) is 15.8. The summed E-state index contributed by atoms with van der Waals surface area (Å²) in [6.07, 6.45) is 2.10. The van der Waals surface area contributed by atoms with Crippen molar-refractivity contribution in [3.63, 3.8) is 0 Å². The van der Waals surface area contributed by atoms with Crippen molar-refractivity contribution in [3.05, 3.63) is 77.6 Å². The number of aromatic nitrogens is 1. The number of likely N-dealkylation sites (tertiary alicyclic amines) is 1. The van der Waals surface area contributed by atoms with Gasteiger partial charge in [0, 0.05) is 30.1 Å². The van der Waals surface area contributed by atoms with E-state index in [2.05, 4.69) is 9.88 Å². The Labute approximate surface area is 204 Å². The van der Waals surface area contributed by atoms with Crippen LogP contribution >= 0.6 is 0 Å². The minimum atomic E-state index is -0.495. The molecule has 0 bridgehead atoms. The second kappa shape index (κ2) is 9.96. The number of rotatable bonds is 7. The molecule has 2 atom stereocenters. The van der Waals surface area contributed by atoms with Gasteiger partial charge in [0.05, 0.1) is 18.6 Å². The minimum absolute atomic E-state index is 0.151. The second-order valence-electron chi connectivity index (χ2n) is 9.14. The fourth-order valence-electron chi connectivity index (χ4n) is 4.86. The standard InChI is InChI=1S/C28H29FN2O4/c1-18-24-14-22(33)5-8-26(24)35-28(27(18)20-3-2-4-21(32)13-20)25-7-6-23(16-30-25)34-12-11-31-10-9-19(15-29)17-31/h2-8,13-14,16,19,28,32-33H,9-12,15,17H2,1H3/t19-,28?/m0/s1. The number of phenolic OH excluding ortho intramolecular Hbond substituents is 2. The van der Waals surface area contributed by atoms with Gasteiger partial charge in [0.2, 0.25) is 0 Å².